The summed E-state index contributed by atoms with van der Waals surface area (Å²) in [7, 11) is -1.48. The highest BCUT2D eigenvalue weighted by Crippen LogP contribution is 2.32. The summed E-state index contributed by atoms with van der Waals surface area (Å²) in [5.74, 6) is 0.875. The summed E-state index contributed by atoms with van der Waals surface area (Å²) < 4.78 is 22.5. The van der Waals surface area contributed by atoms with E-state index in [4.69, 9.17) is 9.83 Å². The lowest BCUT2D eigenvalue weighted by Crippen LogP contribution is -2.48. The fraction of sp³-hybridized carbons (Fsp3) is 0.348. The number of nitrogens with zero attached hydrogens (tertiary/aromatic N) is 4. The van der Waals surface area contributed by atoms with E-state index in [-0.39, 0.29) is 0 Å². The van der Waals surface area contributed by atoms with Crippen LogP contribution in [0.25, 0.3) is 11.5 Å². The van der Waals surface area contributed by atoms with E-state index in [1.807, 2.05) is 24.3 Å². The summed E-state index contributed by atoms with van der Waals surface area (Å²) in [5, 5.41) is 16.5. The Morgan fingerprint density at radius 2 is 1.91 bits per heavy atom. The first-order valence-corrected chi connectivity index (χ1v) is 12.8. The molecule has 1 aliphatic rings. The van der Waals surface area contributed by atoms with Gasteiger partial charge in [0.1, 0.15) is 11.0 Å². The van der Waals surface area contributed by atoms with Gasteiger partial charge in [-0.15, -0.1) is 10.2 Å². The predicted octanol–water partition coefficient (Wildman–Crippen LogP) is 4.16. The van der Waals surface area contributed by atoms with Crippen LogP contribution < -0.4 is 4.72 Å². The van der Waals surface area contributed by atoms with E-state index in [1.165, 1.54) is 6.21 Å². The van der Waals surface area contributed by atoms with Gasteiger partial charge >= 0.3 is 0 Å². The van der Waals surface area contributed by atoms with Crippen LogP contribution in [0.3, 0.4) is 0 Å². The first kappa shape index (κ1) is 23.7. The lowest BCUT2D eigenvalue weighted by atomic mass is 10.1. The summed E-state index contributed by atoms with van der Waals surface area (Å²) in [6.45, 7) is 8.99. The van der Waals surface area contributed by atoms with Crippen molar-refractivity contribution in [3.05, 3.63) is 58.4 Å². The van der Waals surface area contributed by atoms with Crippen molar-refractivity contribution < 1.29 is 8.63 Å². The number of halogens is 1. The SMILES string of the molecule is CC(C)N1CCN(Cc2nnc(-c3cc(Br)cc(NS(=O)c4ccccc4)c3C=N)o2)CC1. The van der Waals surface area contributed by atoms with Crippen LogP contribution in [0.15, 0.2) is 56.2 Å². The van der Waals surface area contributed by atoms with E-state index in [0.717, 1.165) is 30.7 Å². The minimum absolute atomic E-state index is 0.333. The molecule has 0 spiro atoms. The summed E-state index contributed by atoms with van der Waals surface area (Å²) in [4.78, 5) is 5.42. The fourth-order valence-electron chi connectivity index (χ4n) is 3.79. The Labute approximate surface area is 204 Å². The minimum atomic E-state index is -1.48. The standard InChI is InChI=1S/C23H27BrN6O2S/c1-16(2)30-10-8-29(9-11-30)15-22-26-27-23(32-22)19-12-17(24)13-21(20(19)14-25)28-33(31)18-6-4-3-5-7-18/h3-7,12-14,16,25,28H,8-11,15H2,1-2H3. The summed E-state index contributed by atoms with van der Waals surface area (Å²) >= 11 is 3.51. The van der Waals surface area contributed by atoms with Crippen molar-refractivity contribution in [2.45, 2.75) is 31.3 Å². The number of anilines is 1. The molecule has 1 atom stereocenters. The monoisotopic (exact) mass is 530 g/mol. The highest BCUT2D eigenvalue weighted by atomic mass is 79.9. The predicted molar refractivity (Wildman–Crippen MR) is 134 cm³/mol. The van der Waals surface area contributed by atoms with Crippen LogP contribution >= 0.6 is 15.9 Å². The van der Waals surface area contributed by atoms with E-state index >= 15 is 0 Å². The van der Waals surface area contributed by atoms with Gasteiger partial charge in [0.2, 0.25) is 11.8 Å². The first-order valence-electron chi connectivity index (χ1n) is 10.8. The Balaban J connectivity index is 1.53. The molecule has 0 saturated carbocycles. The van der Waals surface area contributed by atoms with Gasteiger partial charge in [0, 0.05) is 48.5 Å². The maximum absolute atomic E-state index is 12.8. The third-order valence-electron chi connectivity index (χ3n) is 5.64. The smallest absolute Gasteiger partial charge is 0.248 e. The van der Waals surface area contributed by atoms with Gasteiger partial charge in [-0.25, -0.2) is 4.21 Å². The summed E-state index contributed by atoms with van der Waals surface area (Å²) in [6, 6.07) is 13.3. The number of hydrogen-bond donors (Lipinski definition) is 2. The molecule has 2 heterocycles. The average Bonchev–Trinajstić information content (AvgIpc) is 3.28. The summed E-state index contributed by atoms with van der Waals surface area (Å²) in [5.41, 5.74) is 1.68. The van der Waals surface area contributed by atoms with Gasteiger partial charge in [-0.2, -0.15) is 0 Å². The molecular formula is C23H27BrN6O2S. The van der Waals surface area contributed by atoms with Gasteiger partial charge < -0.3 is 14.5 Å². The molecule has 10 heteroatoms. The van der Waals surface area contributed by atoms with E-state index in [1.54, 1.807) is 18.2 Å². The van der Waals surface area contributed by atoms with Gasteiger partial charge in [0.25, 0.3) is 0 Å². The van der Waals surface area contributed by atoms with Crippen LogP contribution in [0.1, 0.15) is 25.3 Å². The van der Waals surface area contributed by atoms with Gasteiger partial charge in [0.15, 0.2) is 0 Å². The maximum atomic E-state index is 12.8. The molecule has 1 fully saturated rings. The number of piperazine rings is 1. The van der Waals surface area contributed by atoms with E-state index in [2.05, 4.69) is 54.5 Å². The zero-order chi connectivity index (χ0) is 23.4. The topological polar surface area (TPSA) is 98.4 Å². The third-order valence-corrected chi connectivity index (χ3v) is 7.21. The molecule has 0 amide bonds. The quantitative estimate of drug-likeness (QED) is 0.424. The zero-order valence-corrected chi connectivity index (χ0v) is 21.0. The third kappa shape index (κ3) is 5.75. The molecule has 4 rings (SSSR count). The number of rotatable bonds is 8. The second-order valence-electron chi connectivity index (χ2n) is 8.15. The zero-order valence-electron chi connectivity index (χ0n) is 18.6. The number of hydrogen-bond acceptors (Lipinski definition) is 7. The molecule has 8 nitrogen and oxygen atoms in total. The van der Waals surface area contributed by atoms with Crippen LogP contribution in [0, 0.1) is 5.41 Å². The van der Waals surface area contributed by atoms with Gasteiger partial charge in [-0.3, -0.25) is 9.80 Å². The molecule has 1 saturated heterocycles. The van der Waals surface area contributed by atoms with Crippen LogP contribution in [-0.2, 0) is 17.5 Å². The lowest BCUT2D eigenvalue weighted by molar-refractivity contribution is 0.0979. The molecule has 0 aliphatic carbocycles. The molecule has 1 aromatic heterocycles. The van der Waals surface area contributed by atoms with Crippen molar-refractivity contribution >= 4 is 38.8 Å². The Morgan fingerprint density at radius 1 is 1.18 bits per heavy atom. The second kappa shape index (κ2) is 10.7. The van der Waals surface area contributed by atoms with E-state index in [9.17, 15) is 4.21 Å². The largest absolute Gasteiger partial charge is 0.419 e. The Bertz CT molecular complexity index is 1130. The molecular weight excluding hydrogens is 504 g/mol. The molecule has 2 aromatic carbocycles. The molecule has 3 aromatic rings. The maximum Gasteiger partial charge on any atom is 0.248 e. The molecule has 2 N–H and O–H groups in total. The van der Waals surface area contributed by atoms with Gasteiger partial charge in [-0.1, -0.05) is 34.1 Å². The Hall–Kier alpha value is -2.40. The Morgan fingerprint density at radius 3 is 2.58 bits per heavy atom. The summed E-state index contributed by atoms with van der Waals surface area (Å²) in [6.07, 6.45) is 1.21. The first-order chi connectivity index (χ1) is 15.9. The van der Waals surface area contributed by atoms with Crippen molar-refractivity contribution in [3.63, 3.8) is 0 Å². The normalized spacial score (nSPS) is 16.1. The van der Waals surface area contributed by atoms with E-state index < -0.39 is 11.0 Å². The molecule has 0 radical (unpaired) electrons. The number of nitrogens with one attached hydrogen (secondary N) is 2. The second-order valence-corrected chi connectivity index (χ2v) is 10.3. The molecule has 1 aliphatic heterocycles. The number of aromatic nitrogens is 2. The van der Waals surface area contributed by atoms with Crippen LogP contribution in [0.2, 0.25) is 0 Å². The molecule has 0 bridgehead atoms. The molecule has 1 unspecified atom stereocenters. The Kier molecular flexibility index (Phi) is 7.69. The fourth-order valence-corrected chi connectivity index (χ4v) is 5.14. The van der Waals surface area contributed by atoms with Crippen molar-refractivity contribution in [1.29, 1.82) is 5.41 Å². The minimum Gasteiger partial charge on any atom is -0.419 e. The molecule has 174 valence electrons. The average molecular weight is 531 g/mol. The van der Waals surface area contributed by atoms with Crippen LogP contribution in [0.5, 0.6) is 0 Å². The lowest BCUT2D eigenvalue weighted by Gasteiger charge is -2.36. The van der Waals surface area contributed by atoms with Crippen molar-refractivity contribution in [2.24, 2.45) is 0 Å². The molecule has 33 heavy (non-hydrogen) atoms. The van der Waals surface area contributed by atoms with Crippen molar-refractivity contribution in [3.8, 4) is 11.5 Å². The van der Waals surface area contributed by atoms with Crippen LogP contribution in [-0.4, -0.2) is 62.6 Å². The highest BCUT2D eigenvalue weighted by Gasteiger charge is 2.22. The van der Waals surface area contributed by atoms with Gasteiger partial charge in [0.05, 0.1) is 22.7 Å². The number of benzene rings is 2. The van der Waals surface area contributed by atoms with E-state index in [0.29, 0.717) is 46.1 Å². The van der Waals surface area contributed by atoms with Crippen LogP contribution in [0.4, 0.5) is 5.69 Å². The van der Waals surface area contributed by atoms with Gasteiger partial charge in [-0.05, 0) is 38.1 Å². The highest BCUT2D eigenvalue weighted by molar-refractivity contribution is 9.10. The van der Waals surface area contributed by atoms with Crippen molar-refractivity contribution in [2.75, 3.05) is 30.9 Å². The van der Waals surface area contributed by atoms with Crippen molar-refractivity contribution in [1.82, 2.24) is 20.0 Å².